The van der Waals surface area contributed by atoms with E-state index >= 15 is 0 Å². The van der Waals surface area contributed by atoms with Gasteiger partial charge < -0.3 is 4.90 Å². The smallest absolute Gasteiger partial charge is 0.348 e. The van der Waals surface area contributed by atoms with Crippen molar-refractivity contribution in [1.82, 2.24) is 9.97 Å². The van der Waals surface area contributed by atoms with Gasteiger partial charge in [0, 0.05) is 13.1 Å². The highest BCUT2D eigenvalue weighted by Gasteiger charge is 2.34. The Morgan fingerprint density at radius 3 is 2.32 bits per heavy atom. The van der Waals surface area contributed by atoms with E-state index in [9.17, 15) is 10.1 Å². The fraction of sp³-hybridized carbons (Fsp3) is 0.667. The van der Waals surface area contributed by atoms with Crippen LogP contribution < -0.4 is 4.90 Å². The second kappa shape index (κ2) is 4.92. The van der Waals surface area contributed by atoms with Crippen molar-refractivity contribution in [3.05, 3.63) is 21.6 Å². The van der Waals surface area contributed by atoms with Crippen molar-refractivity contribution in [2.45, 2.75) is 25.7 Å². The van der Waals surface area contributed by atoms with Crippen molar-refractivity contribution in [2.24, 2.45) is 11.8 Å². The van der Waals surface area contributed by atoms with E-state index in [0.29, 0.717) is 17.7 Å². The molecule has 0 N–H and O–H groups in total. The zero-order valence-electron chi connectivity index (χ0n) is 10.5. The lowest BCUT2D eigenvalue weighted by atomic mass is 10.3. The molecule has 0 bridgehead atoms. The molecule has 2 saturated carbocycles. The summed E-state index contributed by atoms with van der Waals surface area (Å²) in [7, 11) is 0. The van der Waals surface area contributed by atoms with Gasteiger partial charge in [-0.15, -0.1) is 0 Å². The molecule has 0 atom stereocenters. The van der Waals surface area contributed by atoms with Gasteiger partial charge in [0.2, 0.25) is 11.0 Å². The van der Waals surface area contributed by atoms with E-state index in [1.54, 1.807) is 0 Å². The summed E-state index contributed by atoms with van der Waals surface area (Å²) in [5, 5.41) is 11.1. The van der Waals surface area contributed by atoms with Gasteiger partial charge in [-0.3, -0.25) is 10.1 Å². The Labute approximate surface area is 115 Å². The van der Waals surface area contributed by atoms with Crippen molar-refractivity contribution < 1.29 is 4.92 Å². The maximum Gasteiger partial charge on any atom is 0.348 e. The summed E-state index contributed by atoms with van der Waals surface area (Å²) in [5.74, 6) is 1.67. The Balaban J connectivity index is 1.90. The Morgan fingerprint density at radius 2 is 1.84 bits per heavy atom. The fourth-order valence-corrected chi connectivity index (χ4v) is 2.41. The lowest BCUT2D eigenvalue weighted by molar-refractivity contribution is -0.384. The number of rotatable bonds is 6. The van der Waals surface area contributed by atoms with E-state index in [1.807, 2.05) is 4.90 Å². The maximum atomic E-state index is 11.2. The van der Waals surface area contributed by atoms with E-state index in [0.717, 1.165) is 13.1 Å². The van der Waals surface area contributed by atoms with E-state index in [2.05, 4.69) is 9.97 Å². The minimum Gasteiger partial charge on any atom is -0.350 e. The van der Waals surface area contributed by atoms with Gasteiger partial charge >= 0.3 is 5.69 Å². The largest absolute Gasteiger partial charge is 0.350 e. The van der Waals surface area contributed by atoms with Gasteiger partial charge in [0.15, 0.2) is 0 Å². The van der Waals surface area contributed by atoms with Crippen LogP contribution in [0.25, 0.3) is 0 Å². The van der Waals surface area contributed by atoms with E-state index in [1.165, 1.54) is 32.0 Å². The van der Waals surface area contributed by atoms with E-state index < -0.39 is 4.92 Å². The molecule has 1 aromatic rings. The van der Waals surface area contributed by atoms with E-state index in [4.69, 9.17) is 11.6 Å². The SMILES string of the molecule is O=[N+]([O-])c1c(Cl)ncnc1N(CC1CC1)CC1CC1. The number of halogens is 1. The summed E-state index contributed by atoms with van der Waals surface area (Å²) in [6, 6.07) is 0. The van der Waals surface area contributed by atoms with Crippen LogP contribution >= 0.6 is 11.6 Å². The minimum absolute atomic E-state index is 0.0772. The van der Waals surface area contributed by atoms with Crippen molar-refractivity contribution in [1.29, 1.82) is 0 Å². The van der Waals surface area contributed by atoms with Crippen LogP contribution in [0.3, 0.4) is 0 Å². The number of nitro groups is 1. The van der Waals surface area contributed by atoms with Crippen LogP contribution in [0.2, 0.25) is 5.15 Å². The molecule has 1 heterocycles. The first-order valence-corrected chi connectivity index (χ1v) is 6.92. The van der Waals surface area contributed by atoms with Gasteiger partial charge in [0.05, 0.1) is 4.92 Å². The maximum absolute atomic E-state index is 11.2. The van der Waals surface area contributed by atoms with Gasteiger partial charge in [-0.05, 0) is 37.5 Å². The average molecular weight is 283 g/mol. The minimum atomic E-state index is -0.482. The van der Waals surface area contributed by atoms with Gasteiger partial charge in [-0.2, -0.15) is 0 Å². The second-order valence-corrected chi connectivity index (χ2v) is 5.74. The average Bonchev–Trinajstić information content (AvgIpc) is 3.22. The van der Waals surface area contributed by atoms with Crippen molar-refractivity contribution in [3.8, 4) is 0 Å². The third kappa shape index (κ3) is 2.94. The topological polar surface area (TPSA) is 72.2 Å². The monoisotopic (exact) mass is 282 g/mol. The van der Waals surface area contributed by atoms with Crippen LogP contribution in [0.5, 0.6) is 0 Å². The zero-order valence-corrected chi connectivity index (χ0v) is 11.2. The Morgan fingerprint density at radius 1 is 1.26 bits per heavy atom. The lowest BCUT2D eigenvalue weighted by Crippen LogP contribution is -2.29. The normalized spacial score (nSPS) is 18.4. The Kier molecular flexibility index (Phi) is 3.26. The molecular formula is C12H15ClN4O2. The molecule has 0 saturated heterocycles. The van der Waals surface area contributed by atoms with Crippen LogP contribution in [0.4, 0.5) is 11.5 Å². The molecular weight excluding hydrogens is 268 g/mol. The number of anilines is 1. The summed E-state index contributed by atoms with van der Waals surface area (Å²) >= 11 is 5.85. The molecule has 0 unspecified atom stereocenters. The summed E-state index contributed by atoms with van der Waals surface area (Å²) in [5.41, 5.74) is -0.162. The number of hydrogen-bond donors (Lipinski definition) is 0. The van der Waals surface area contributed by atoms with Gasteiger partial charge in [-0.1, -0.05) is 11.6 Å². The molecule has 3 rings (SSSR count). The Hall–Kier alpha value is -1.43. The molecule has 2 aliphatic rings. The lowest BCUT2D eigenvalue weighted by Gasteiger charge is -2.23. The van der Waals surface area contributed by atoms with Crippen LogP contribution in [0.15, 0.2) is 6.33 Å². The third-order valence-corrected chi connectivity index (χ3v) is 3.87. The van der Waals surface area contributed by atoms with Gasteiger partial charge in [0.1, 0.15) is 6.33 Å². The molecule has 102 valence electrons. The summed E-state index contributed by atoms with van der Waals surface area (Å²) in [6.07, 6.45) is 6.11. The number of aromatic nitrogens is 2. The summed E-state index contributed by atoms with van der Waals surface area (Å²) < 4.78 is 0. The van der Waals surface area contributed by atoms with Gasteiger partial charge in [-0.25, -0.2) is 9.97 Å². The number of hydrogen-bond acceptors (Lipinski definition) is 5. The molecule has 0 radical (unpaired) electrons. The molecule has 0 amide bonds. The van der Waals surface area contributed by atoms with Crippen molar-refractivity contribution >= 4 is 23.1 Å². The molecule has 7 heteroatoms. The highest BCUT2D eigenvalue weighted by atomic mass is 35.5. The molecule has 19 heavy (non-hydrogen) atoms. The Bertz CT molecular complexity index is 489. The standard InChI is InChI=1S/C12H15ClN4O2/c13-11-10(17(18)19)12(15-7-14-11)16(5-8-1-2-8)6-9-3-4-9/h7-9H,1-6H2. The van der Waals surface area contributed by atoms with Crippen LogP contribution in [0.1, 0.15) is 25.7 Å². The van der Waals surface area contributed by atoms with Crippen molar-refractivity contribution in [3.63, 3.8) is 0 Å². The molecule has 2 fully saturated rings. The third-order valence-electron chi connectivity index (χ3n) is 3.59. The molecule has 6 nitrogen and oxygen atoms in total. The molecule has 2 aliphatic carbocycles. The first-order valence-electron chi connectivity index (χ1n) is 6.55. The fourth-order valence-electron chi connectivity index (χ4n) is 2.21. The summed E-state index contributed by atoms with van der Waals surface area (Å²) in [6.45, 7) is 1.68. The zero-order chi connectivity index (χ0) is 13.4. The first kappa shape index (κ1) is 12.6. The van der Waals surface area contributed by atoms with Crippen molar-refractivity contribution in [2.75, 3.05) is 18.0 Å². The van der Waals surface area contributed by atoms with Crippen LogP contribution in [0, 0.1) is 22.0 Å². The first-order chi connectivity index (χ1) is 9.15. The van der Waals surface area contributed by atoms with Crippen LogP contribution in [-0.2, 0) is 0 Å². The number of nitrogens with zero attached hydrogens (tertiary/aromatic N) is 4. The van der Waals surface area contributed by atoms with Crippen LogP contribution in [-0.4, -0.2) is 28.0 Å². The summed E-state index contributed by atoms with van der Waals surface area (Å²) in [4.78, 5) is 20.5. The molecule has 0 spiro atoms. The highest BCUT2D eigenvalue weighted by molar-refractivity contribution is 6.31. The van der Waals surface area contributed by atoms with Gasteiger partial charge in [0.25, 0.3) is 0 Å². The predicted octanol–water partition coefficient (Wildman–Crippen LogP) is 2.66. The van der Waals surface area contributed by atoms with E-state index in [-0.39, 0.29) is 10.8 Å². The quantitative estimate of drug-likeness (QED) is 0.456. The molecule has 1 aromatic heterocycles. The molecule has 0 aliphatic heterocycles. The second-order valence-electron chi connectivity index (χ2n) is 5.39. The highest BCUT2D eigenvalue weighted by Crippen LogP contribution is 2.38. The predicted molar refractivity (Wildman–Crippen MR) is 71.4 cm³/mol. The molecule has 0 aromatic carbocycles.